The van der Waals surface area contributed by atoms with Crippen molar-refractivity contribution in [2.45, 2.75) is 88.8 Å². The molecule has 1 amide bonds. The second-order valence-corrected chi connectivity index (χ2v) is 16.6. The number of likely N-dealkylation sites (tertiary alicyclic amines) is 2. The summed E-state index contributed by atoms with van der Waals surface area (Å²) < 4.78 is 82.4. The van der Waals surface area contributed by atoms with E-state index in [1.165, 1.54) is 5.56 Å². The normalized spacial score (nSPS) is 33.1. The van der Waals surface area contributed by atoms with E-state index in [1.54, 1.807) is 4.90 Å². The molecule has 2 saturated carbocycles. The number of fused-ring (bicyclic) bond motifs is 5. The minimum atomic E-state index is -5.59. The lowest BCUT2D eigenvalue weighted by Crippen LogP contribution is -2.72. The highest BCUT2D eigenvalue weighted by Gasteiger charge is 2.58. The molecule has 1 unspecified atom stereocenters. The van der Waals surface area contributed by atoms with Crippen LogP contribution in [0.25, 0.3) is 0 Å². The Hall–Kier alpha value is -1.79. The van der Waals surface area contributed by atoms with Crippen molar-refractivity contribution in [1.29, 1.82) is 0 Å². The average molecular weight is 661 g/mol. The highest BCUT2D eigenvalue weighted by atomic mass is 32.2. The Labute approximate surface area is 264 Å². The molecule has 7 atom stereocenters. The van der Waals surface area contributed by atoms with Crippen molar-refractivity contribution >= 4 is 16.9 Å². The summed E-state index contributed by atoms with van der Waals surface area (Å²) in [6, 6.07) is 5.98. The number of hydrogen-bond donors (Lipinski definition) is 1. The topological polar surface area (TPSA) is 70.1 Å². The zero-order valence-corrected chi connectivity index (χ0v) is 26.9. The number of aliphatic hydroxyl groups is 1. The number of ether oxygens (including phenoxy) is 1. The van der Waals surface area contributed by atoms with Gasteiger partial charge in [0.15, 0.2) is 0 Å². The number of halogens is 5. The second kappa shape index (κ2) is 12.0. The molecule has 0 radical (unpaired) electrons. The van der Waals surface area contributed by atoms with E-state index in [9.17, 15) is 36.1 Å². The maximum absolute atomic E-state index is 13.3. The quantitative estimate of drug-likeness (QED) is 0.312. The third kappa shape index (κ3) is 6.28. The summed E-state index contributed by atoms with van der Waals surface area (Å²) in [6.45, 7) is 5.63. The van der Waals surface area contributed by atoms with Crippen molar-refractivity contribution in [1.82, 2.24) is 9.80 Å². The molecule has 1 aromatic carbocycles. The number of rotatable bonds is 9. The van der Waals surface area contributed by atoms with Gasteiger partial charge in [-0.2, -0.15) is 22.0 Å². The molecule has 0 bridgehead atoms. The van der Waals surface area contributed by atoms with Gasteiger partial charge in [0, 0.05) is 60.3 Å². The van der Waals surface area contributed by atoms with Crippen LogP contribution in [-0.2, 0) is 17.2 Å². The predicted molar refractivity (Wildman–Crippen MR) is 161 cm³/mol. The van der Waals surface area contributed by atoms with Gasteiger partial charge in [-0.25, -0.2) is 4.79 Å². The number of carbonyl (C=O) groups is 1. The van der Waals surface area contributed by atoms with Crippen molar-refractivity contribution < 1.29 is 40.8 Å². The Morgan fingerprint density at radius 3 is 2.47 bits per heavy atom. The van der Waals surface area contributed by atoms with Gasteiger partial charge in [-0.1, -0.05) is 13.0 Å². The van der Waals surface area contributed by atoms with Crippen LogP contribution in [0.2, 0.25) is 0 Å². The van der Waals surface area contributed by atoms with Crippen LogP contribution in [0.4, 0.5) is 26.7 Å². The summed E-state index contributed by atoms with van der Waals surface area (Å²) in [7, 11) is 0.594. The Morgan fingerprint density at radius 2 is 1.78 bits per heavy atom. The van der Waals surface area contributed by atoms with E-state index in [2.05, 4.69) is 24.9 Å². The third-order valence-corrected chi connectivity index (χ3v) is 13.3. The monoisotopic (exact) mass is 660 g/mol. The predicted octanol–water partition coefficient (Wildman–Crippen LogP) is 6.38. The number of alkyl halides is 5. The molecule has 3 aliphatic carbocycles. The molecule has 1 spiro atoms. The van der Waals surface area contributed by atoms with Gasteiger partial charge in [0.05, 0.1) is 6.10 Å². The molecule has 2 aliphatic heterocycles. The van der Waals surface area contributed by atoms with Crippen LogP contribution >= 0.6 is 0 Å². The molecule has 6 nitrogen and oxygen atoms in total. The summed E-state index contributed by atoms with van der Waals surface area (Å²) in [5, 5.41) is 10.9. The summed E-state index contributed by atoms with van der Waals surface area (Å²) in [6.07, 6.45) is -2.36. The number of nitrogens with zero attached hydrogens (tertiary/aromatic N) is 2. The van der Waals surface area contributed by atoms with E-state index in [1.807, 2.05) is 12.1 Å². The Morgan fingerprint density at radius 1 is 1.07 bits per heavy atom. The fraction of sp³-hybridized carbons (Fsp3) is 0.788. The Balaban J connectivity index is 1.11. The molecule has 2 saturated heterocycles. The zero-order chi connectivity index (χ0) is 32.4. The maximum Gasteiger partial charge on any atom is 0.453 e. The smallest absolute Gasteiger partial charge is 0.410 e. The van der Waals surface area contributed by atoms with Crippen LogP contribution in [0.15, 0.2) is 18.2 Å². The van der Waals surface area contributed by atoms with E-state index in [-0.39, 0.29) is 40.5 Å². The molecule has 6 rings (SSSR count). The maximum atomic E-state index is 13.3. The van der Waals surface area contributed by atoms with Gasteiger partial charge in [-0.05, 0) is 111 Å². The fourth-order valence-corrected chi connectivity index (χ4v) is 10.8. The molecule has 252 valence electrons. The number of amides is 1. The largest absolute Gasteiger partial charge is 0.453 e. The average Bonchev–Trinajstić information content (AvgIpc) is 3.22. The molecule has 0 aromatic heterocycles. The number of carbonyl (C=O) groups excluding carboxylic acids is 1. The van der Waals surface area contributed by atoms with Crippen molar-refractivity contribution in [3.05, 3.63) is 29.3 Å². The van der Waals surface area contributed by atoms with E-state index >= 15 is 0 Å². The molecular formula is C33H45F5N2O4S. The first-order valence-corrected chi connectivity index (χ1v) is 17.9. The van der Waals surface area contributed by atoms with E-state index in [4.69, 9.17) is 4.74 Å². The van der Waals surface area contributed by atoms with Gasteiger partial charge >= 0.3 is 18.2 Å². The van der Waals surface area contributed by atoms with Crippen molar-refractivity contribution in [2.75, 3.05) is 44.7 Å². The van der Waals surface area contributed by atoms with Crippen LogP contribution < -0.4 is 4.74 Å². The van der Waals surface area contributed by atoms with Gasteiger partial charge in [0.2, 0.25) is 0 Å². The lowest BCUT2D eigenvalue weighted by atomic mass is 9.52. The first-order valence-electron chi connectivity index (χ1n) is 16.4. The summed E-state index contributed by atoms with van der Waals surface area (Å²) in [5.41, 5.74) is 2.48. The van der Waals surface area contributed by atoms with Crippen LogP contribution in [0.3, 0.4) is 0 Å². The Kier molecular flexibility index (Phi) is 8.85. The number of benzene rings is 1. The van der Waals surface area contributed by atoms with Crippen LogP contribution in [0.5, 0.6) is 5.75 Å². The van der Waals surface area contributed by atoms with Gasteiger partial charge in [-0.3, -0.25) is 4.21 Å². The van der Waals surface area contributed by atoms with Gasteiger partial charge < -0.3 is 19.6 Å². The SMILES string of the molecule is CN1CC2(C1)CN(C(=O)Oc1ccc3c(c1)C[C@@H](CCCS(=O)CCCC(F)(F)C(F)(F)F)[C@@H]1[C@@H]3CC[C@]3(C)[C@@H](O)CC[C@@H]13)C2. The van der Waals surface area contributed by atoms with Gasteiger partial charge in [0.1, 0.15) is 5.75 Å². The summed E-state index contributed by atoms with van der Waals surface area (Å²) in [4.78, 5) is 16.9. The highest BCUT2D eigenvalue weighted by Crippen LogP contribution is 2.62. The molecule has 4 fully saturated rings. The number of aliphatic hydroxyl groups excluding tert-OH is 1. The molecular weight excluding hydrogens is 615 g/mol. The first-order chi connectivity index (χ1) is 21.1. The standard InChI is InChI=1S/C33H45F5N2O4S/c1-30-12-10-25-24-7-6-23(44-29(42)40-19-31(20-40)17-39(2)18-31)16-22(24)15-21(28(25)26(30)8-9-27(30)41)5-3-13-45(43)14-4-11-32(34,35)33(36,37)38/h6-7,16,21,25-28,41H,3-5,8-15,17-20H2,1-2H3/t21-,25-,26+,27+,28-,30+,45?/m1/s1. The van der Waals surface area contributed by atoms with Crippen molar-refractivity contribution in [3.63, 3.8) is 0 Å². The Bertz CT molecular complexity index is 1300. The first kappa shape index (κ1) is 33.1. The molecule has 5 aliphatic rings. The lowest BCUT2D eigenvalue weighted by molar-refractivity contribution is -0.284. The van der Waals surface area contributed by atoms with Gasteiger partial charge in [0.25, 0.3) is 0 Å². The third-order valence-electron chi connectivity index (χ3n) is 11.8. The minimum absolute atomic E-state index is 0.150. The zero-order valence-electron chi connectivity index (χ0n) is 26.1. The second-order valence-electron chi connectivity index (χ2n) is 14.9. The molecule has 12 heteroatoms. The molecule has 1 aromatic rings. The minimum Gasteiger partial charge on any atom is -0.410 e. The van der Waals surface area contributed by atoms with Crippen LogP contribution in [0.1, 0.15) is 75.3 Å². The molecule has 2 heterocycles. The van der Waals surface area contributed by atoms with Crippen molar-refractivity contribution in [3.8, 4) is 5.75 Å². The molecule has 45 heavy (non-hydrogen) atoms. The van der Waals surface area contributed by atoms with Crippen LogP contribution in [0, 0.1) is 28.6 Å². The van der Waals surface area contributed by atoms with E-state index in [0.29, 0.717) is 43.0 Å². The lowest BCUT2D eigenvalue weighted by Gasteiger charge is -2.58. The van der Waals surface area contributed by atoms with E-state index < -0.39 is 35.7 Å². The number of hydrogen-bond acceptors (Lipinski definition) is 5. The van der Waals surface area contributed by atoms with E-state index in [0.717, 1.165) is 57.2 Å². The molecule has 1 N–H and O–H groups in total. The summed E-state index contributed by atoms with van der Waals surface area (Å²) >= 11 is 0. The van der Waals surface area contributed by atoms with Crippen molar-refractivity contribution in [2.24, 2.45) is 28.6 Å². The summed E-state index contributed by atoms with van der Waals surface area (Å²) in [5.74, 6) is -2.95. The van der Waals surface area contributed by atoms with Crippen LogP contribution in [-0.4, -0.2) is 88.1 Å². The van der Waals surface area contributed by atoms with Gasteiger partial charge in [-0.15, -0.1) is 0 Å². The fourth-order valence-electron chi connectivity index (χ4n) is 9.65. The highest BCUT2D eigenvalue weighted by molar-refractivity contribution is 7.84.